The lowest BCUT2D eigenvalue weighted by molar-refractivity contribution is 0.762. The summed E-state index contributed by atoms with van der Waals surface area (Å²) in [6.07, 6.45) is 1.56. The Balaban J connectivity index is 3.48. The monoisotopic (exact) mass is 278 g/mol. The molecule has 0 atom stereocenters. The van der Waals surface area contributed by atoms with Crippen molar-refractivity contribution in [1.29, 1.82) is 5.41 Å². The number of hydrogen-bond donors (Lipinski definition) is 1. The van der Waals surface area contributed by atoms with Gasteiger partial charge >= 0.3 is 0 Å². The topological polar surface area (TPSA) is 54.0 Å². The first-order chi connectivity index (χ1) is 5.15. The summed E-state index contributed by atoms with van der Waals surface area (Å²) in [6.45, 7) is 3.30. The number of nitrogens with zero attached hydrogens (tertiary/aromatic N) is 3. The van der Waals surface area contributed by atoms with Gasteiger partial charge in [-0.2, -0.15) is 5.10 Å². The van der Waals surface area contributed by atoms with Crippen LogP contribution in [0.15, 0.2) is 20.5 Å². The van der Waals surface area contributed by atoms with Crippen molar-refractivity contribution in [2.24, 2.45) is 5.10 Å². The van der Waals surface area contributed by atoms with Gasteiger partial charge in [0.25, 0.3) is 0 Å². The summed E-state index contributed by atoms with van der Waals surface area (Å²) >= 11 is 6.26. The smallest absolute Gasteiger partial charge is 0.179 e. The van der Waals surface area contributed by atoms with Crippen LogP contribution in [0.4, 0.5) is 0 Å². The maximum absolute atomic E-state index is 7.39. The first-order valence-electron chi connectivity index (χ1n) is 2.61. The molecule has 0 bridgehead atoms. The van der Waals surface area contributed by atoms with Gasteiger partial charge in [-0.3, -0.25) is 5.41 Å². The first kappa shape index (κ1) is 8.61. The summed E-state index contributed by atoms with van der Waals surface area (Å²) < 4.78 is 2.34. The highest BCUT2D eigenvalue weighted by molar-refractivity contribution is 9.11. The maximum atomic E-state index is 7.39. The highest BCUT2D eigenvalue weighted by atomic mass is 79.9. The van der Waals surface area contributed by atoms with Crippen molar-refractivity contribution >= 4 is 38.6 Å². The molecule has 0 aliphatic heterocycles. The third kappa shape index (κ3) is 1.75. The predicted octanol–water partition coefficient (Wildman–Crippen LogP) is 1.35. The van der Waals surface area contributed by atoms with Crippen molar-refractivity contribution in [2.45, 2.75) is 0 Å². The maximum Gasteiger partial charge on any atom is 0.179 e. The summed E-state index contributed by atoms with van der Waals surface area (Å²) in [5.41, 5.74) is 0.170. The number of halogens is 2. The van der Waals surface area contributed by atoms with Crippen LogP contribution in [0, 0.1) is 5.41 Å². The van der Waals surface area contributed by atoms with E-state index in [1.807, 2.05) is 0 Å². The van der Waals surface area contributed by atoms with E-state index in [0.29, 0.717) is 9.21 Å². The van der Waals surface area contributed by atoms with E-state index in [1.54, 1.807) is 6.20 Å². The molecular weight excluding hydrogens is 276 g/mol. The molecule has 0 amide bonds. The van der Waals surface area contributed by atoms with Gasteiger partial charge in [0.05, 0.1) is 6.20 Å². The minimum absolute atomic E-state index is 0.170. The molecule has 0 fully saturated rings. The van der Waals surface area contributed by atoms with Crippen LogP contribution in [0.5, 0.6) is 0 Å². The lowest BCUT2D eigenvalue weighted by atomic mass is 10.7. The van der Waals surface area contributed by atoms with Crippen molar-refractivity contribution in [2.75, 3.05) is 0 Å². The Morgan fingerprint density at radius 1 is 1.64 bits per heavy atom. The molecule has 6 heteroatoms. The van der Waals surface area contributed by atoms with Crippen molar-refractivity contribution in [3.05, 3.63) is 20.9 Å². The average Bonchev–Trinajstić information content (AvgIpc) is 1.96. The summed E-state index contributed by atoms with van der Waals surface area (Å²) in [6, 6.07) is 0. The van der Waals surface area contributed by atoms with Gasteiger partial charge in [-0.15, -0.1) is 0 Å². The van der Waals surface area contributed by atoms with Crippen molar-refractivity contribution < 1.29 is 0 Å². The molecule has 0 saturated heterocycles. The molecule has 0 aliphatic carbocycles. The minimum Gasteiger partial charge on any atom is -0.281 e. The van der Waals surface area contributed by atoms with Gasteiger partial charge in [-0.05, 0) is 31.9 Å². The van der Waals surface area contributed by atoms with Gasteiger partial charge in [0.1, 0.15) is 4.60 Å². The summed E-state index contributed by atoms with van der Waals surface area (Å²) in [7, 11) is 0. The fraction of sp³-hybridized carbons (Fsp3) is 0. The van der Waals surface area contributed by atoms with E-state index in [4.69, 9.17) is 5.41 Å². The third-order valence-corrected chi connectivity index (χ3v) is 1.95. The van der Waals surface area contributed by atoms with E-state index in [0.717, 1.165) is 0 Å². The van der Waals surface area contributed by atoms with Crippen LogP contribution >= 0.6 is 31.9 Å². The van der Waals surface area contributed by atoms with E-state index in [9.17, 15) is 0 Å². The molecule has 1 aromatic rings. The second-order valence-corrected chi connectivity index (χ2v) is 3.25. The first-order valence-corrected chi connectivity index (χ1v) is 4.20. The molecule has 0 unspecified atom stereocenters. The van der Waals surface area contributed by atoms with Crippen molar-refractivity contribution in [3.63, 3.8) is 0 Å². The zero-order valence-corrected chi connectivity index (χ0v) is 8.55. The molecule has 1 rings (SSSR count). The van der Waals surface area contributed by atoms with Gasteiger partial charge in [-0.25, -0.2) is 9.66 Å². The molecule has 11 heavy (non-hydrogen) atoms. The highest BCUT2D eigenvalue weighted by Crippen LogP contribution is 2.06. The van der Waals surface area contributed by atoms with Crippen LogP contribution in [-0.4, -0.2) is 16.4 Å². The molecule has 1 N–H and O–H groups in total. The van der Waals surface area contributed by atoms with Crippen LogP contribution in [0.1, 0.15) is 0 Å². The van der Waals surface area contributed by atoms with E-state index < -0.39 is 0 Å². The molecule has 4 nitrogen and oxygen atoms in total. The van der Waals surface area contributed by atoms with Crippen LogP contribution in [0.25, 0.3) is 0 Å². The molecule has 1 heterocycles. The van der Waals surface area contributed by atoms with Crippen LogP contribution < -0.4 is 5.49 Å². The SMILES string of the molecule is C=Nn1cc(Br)nc(Br)c1=N. The van der Waals surface area contributed by atoms with E-state index in [1.165, 1.54) is 4.68 Å². The van der Waals surface area contributed by atoms with Crippen LogP contribution in [0.2, 0.25) is 0 Å². The van der Waals surface area contributed by atoms with Gasteiger partial charge < -0.3 is 0 Å². The zero-order valence-electron chi connectivity index (χ0n) is 5.38. The Hall–Kier alpha value is -0.490. The zero-order chi connectivity index (χ0) is 8.43. The van der Waals surface area contributed by atoms with Crippen LogP contribution in [0.3, 0.4) is 0 Å². The largest absolute Gasteiger partial charge is 0.281 e. The average molecular weight is 280 g/mol. The molecule has 0 saturated carbocycles. The van der Waals surface area contributed by atoms with E-state index >= 15 is 0 Å². The highest BCUT2D eigenvalue weighted by Gasteiger charge is 1.98. The predicted molar refractivity (Wildman–Crippen MR) is 48.4 cm³/mol. The Morgan fingerprint density at radius 2 is 2.27 bits per heavy atom. The fourth-order valence-electron chi connectivity index (χ4n) is 0.547. The number of aromatic nitrogens is 2. The van der Waals surface area contributed by atoms with Gasteiger partial charge in [-0.1, -0.05) is 0 Å². The number of rotatable bonds is 1. The minimum atomic E-state index is 0.170. The second-order valence-electron chi connectivity index (χ2n) is 1.69. The molecule has 58 valence electrons. The summed E-state index contributed by atoms with van der Waals surface area (Å²) in [5, 5.41) is 11.0. The molecule has 0 spiro atoms. The number of nitrogens with one attached hydrogen (secondary N) is 1. The Morgan fingerprint density at radius 3 is 2.82 bits per heavy atom. The quantitative estimate of drug-likeness (QED) is 0.776. The molecule has 1 aromatic heterocycles. The summed E-state index contributed by atoms with van der Waals surface area (Å²) in [5.74, 6) is 0. The van der Waals surface area contributed by atoms with E-state index in [-0.39, 0.29) is 5.49 Å². The molecule has 0 radical (unpaired) electrons. The van der Waals surface area contributed by atoms with Crippen LogP contribution in [-0.2, 0) is 0 Å². The van der Waals surface area contributed by atoms with Crippen molar-refractivity contribution in [3.8, 4) is 0 Å². The third-order valence-electron chi connectivity index (χ3n) is 1.01. The van der Waals surface area contributed by atoms with Gasteiger partial charge in [0.15, 0.2) is 10.1 Å². The molecular formula is C5H4Br2N4. The summed E-state index contributed by atoms with van der Waals surface area (Å²) in [4.78, 5) is 3.92. The normalized spacial score (nSPS) is 9.64. The van der Waals surface area contributed by atoms with Gasteiger partial charge in [0, 0.05) is 6.72 Å². The Kier molecular flexibility index (Phi) is 2.56. The Labute approximate surface area is 79.7 Å². The lowest BCUT2D eigenvalue weighted by Gasteiger charge is -1.99. The number of hydrogen-bond acceptors (Lipinski definition) is 3. The fourth-order valence-corrected chi connectivity index (χ4v) is 1.53. The van der Waals surface area contributed by atoms with Crippen molar-refractivity contribution in [1.82, 2.24) is 9.66 Å². The van der Waals surface area contributed by atoms with Gasteiger partial charge in [0.2, 0.25) is 0 Å². The Bertz CT molecular complexity index is 343. The lowest BCUT2D eigenvalue weighted by Crippen LogP contribution is -2.17. The van der Waals surface area contributed by atoms with E-state index in [2.05, 4.69) is 48.7 Å². The second kappa shape index (κ2) is 3.27. The standard InChI is InChI=1S/C5H4Br2N4/c1-9-11-2-3(6)10-4(7)5(11)8/h2,8H,1H2. The molecule has 0 aliphatic rings. The molecule has 0 aromatic carbocycles.